The van der Waals surface area contributed by atoms with Gasteiger partial charge in [0.05, 0.1) is 42.1 Å². The minimum Gasteiger partial charge on any atom is -0.488 e. The average molecular weight is 732 g/mol. The highest BCUT2D eigenvalue weighted by atomic mass is 16.5. The highest BCUT2D eigenvalue weighted by molar-refractivity contribution is 6.07. The molecule has 8 rings (SSSR count). The van der Waals surface area contributed by atoms with Crippen molar-refractivity contribution in [3.63, 3.8) is 0 Å². The van der Waals surface area contributed by atoms with Gasteiger partial charge in [-0.15, -0.1) is 0 Å². The summed E-state index contributed by atoms with van der Waals surface area (Å²) in [5.41, 5.74) is 6.92. The number of alkyl carbamates (subject to hydrolysis) is 1. The van der Waals surface area contributed by atoms with Crippen molar-refractivity contribution in [3.8, 4) is 28.1 Å². The van der Waals surface area contributed by atoms with Crippen LogP contribution in [0.3, 0.4) is 0 Å². The first kappa shape index (κ1) is 35.6. The number of fused-ring (bicyclic) bond motifs is 6. The van der Waals surface area contributed by atoms with Gasteiger partial charge in [0, 0.05) is 30.0 Å². The number of benzene rings is 3. The number of hydrogen-bond acceptors (Lipinski definition) is 7. The lowest BCUT2D eigenvalue weighted by atomic mass is 9.92. The Balaban J connectivity index is 1.05. The Bertz CT molecular complexity index is 2260. The lowest BCUT2D eigenvalue weighted by Crippen LogP contribution is -2.51. The molecule has 3 amide bonds. The Hall–Kier alpha value is -5.39. The topological polar surface area (TPSA) is 146 Å². The maximum absolute atomic E-state index is 13.8. The number of nitrogens with zero attached hydrogens (tertiary/aromatic N) is 4. The maximum Gasteiger partial charge on any atom is 0.407 e. The number of rotatable bonds is 8. The summed E-state index contributed by atoms with van der Waals surface area (Å²) >= 11 is 0. The summed E-state index contributed by atoms with van der Waals surface area (Å²) in [7, 11) is 1.30. The van der Waals surface area contributed by atoms with Gasteiger partial charge in [-0.25, -0.2) is 14.8 Å². The second kappa shape index (κ2) is 14.1. The van der Waals surface area contributed by atoms with Gasteiger partial charge in [0.25, 0.3) is 0 Å². The Kier molecular flexibility index (Phi) is 9.31. The molecule has 3 aliphatic rings. The van der Waals surface area contributed by atoms with E-state index in [1.54, 1.807) is 0 Å². The molecule has 3 aromatic carbocycles. The summed E-state index contributed by atoms with van der Waals surface area (Å²) in [6.07, 6.45) is 5.24. The first-order chi connectivity index (χ1) is 26.0. The third-order valence-electron chi connectivity index (χ3n) is 11.5. The molecule has 0 bridgehead atoms. The summed E-state index contributed by atoms with van der Waals surface area (Å²) < 4.78 is 11.2. The lowest BCUT2D eigenvalue weighted by Gasteiger charge is -2.30. The van der Waals surface area contributed by atoms with E-state index >= 15 is 0 Å². The fourth-order valence-electron chi connectivity index (χ4n) is 8.73. The van der Waals surface area contributed by atoms with Crippen LogP contribution in [0.4, 0.5) is 4.79 Å². The molecule has 2 fully saturated rings. The van der Waals surface area contributed by atoms with Crippen LogP contribution in [0.5, 0.6) is 5.75 Å². The van der Waals surface area contributed by atoms with Crippen LogP contribution < -0.4 is 10.1 Å². The summed E-state index contributed by atoms with van der Waals surface area (Å²) in [5, 5.41) is 4.82. The zero-order valence-electron chi connectivity index (χ0n) is 31.9. The van der Waals surface area contributed by atoms with E-state index in [0.29, 0.717) is 19.6 Å². The molecule has 12 nitrogen and oxygen atoms in total. The molecule has 3 N–H and O–H groups in total. The van der Waals surface area contributed by atoms with Gasteiger partial charge in [0.1, 0.15) is 30.0 Å². The molecular weight excluding hydrogens is 683 g/mol. The van der Waals surface area contributed by atoms with Crippen LogP contribution >= 0.6 is 0 Å². The molecule has 0 aliphatic carbocycles. The molecule has 0 saturated carbocycles. The Morgan fingerprint density at radius 1 is 1.02 bits per heavy atom. The van der Waals surface area contributed by atoms with Gasteiger partial charge in [-0.3, -0.25) is 9.59 Å². The van der Waals surface area contributed by atoms with Crippen LogP contribution in [0.15, 0.2) is 48.7 Å². The first-order valence-electron chi connectivity index (χ1n) is 19.3. The van der Waals surface area contributed by atoms with Crippen LogP contribution in [0.1, 0.15) is 96.0 Å². The largest absolute Gasteiger partial charge is 0.488 e. The quantitative estimate of drug-likeness (QED) is 0.148. The molecule has 5 aromatic rings. The highest BCUT2D eigenvalue weighted by Crippen LogP contribution is 2.44. The maximum atomic E-state index is 13.8. The molecule has 2 aromatic heterocycles. The predicted octanol–water partition coefficient (Wildman–Crippen LogP) is 7.81. The van der Waals surface area contributed by atoms with Crippen molar-refractivity contribution in [3.05, 3.63) is 65.9 Å². The van der Waals surface area contributed by atoms with Gasteiger partial charge in [-0.05, 0) is 90.8 Å². The minimum absolute atomic E-state index is 0.0434. The van der Waals surface area contributed by atoms with Gasteiger partial charge < -0.3 is 34.6 Å². The zero-order valence-corrected chi connectivity index (χ0v) is 31.9. The Morgan fingerprint density at radius 3 is 2.63 bits per heavy atom. The number of amides is 3. The molecule has 3 aliphatic heterocycles. The molecular formula is C42H49N7O5. The van der Waals surface area contributed by atoms with Gasteiger partial charge in [0.15, 0.2) is 0 Å². The average Bonchev–Trinajstić information content (AvgIpc) is 3.98. The van der Waals surface area contributed by atoms with E-state index in [0.717, 1.165) is 92.8 Å². The van der Waals surface area contributed by atoms with Crippen LogP contribution in [0, 0.1) is 11.8 Å². The van der Waals surface area contributed by atoms with Crippen molar-refractivity contribution in [2.75, 3.05) is 13.7 Å². The van der Waals surface area contributed by atoms with E-state index in [1.807, 2.05) is 36.8 Å². The van der Waals surface area contributed by atoms with Crippen molar-refractivity contribution in [1.29, 1.82) is 0 Å². The van der Waals surface area contributed by atoms with Crippen molar-refractivity contribution in [1.82, 2.24) is 35.1 Å². The number of aromatic amines is 2. The van der Waals surface area contributed by atoms with Crippen molar-refractivity contribution >= 4 is 39.7 Å². The third kappa shape index (κ3) is 6.24. The van der Waals surface area contributed by atoms with Crippen LogP contribution in [0.25, 0.3) is 44.2 Å². The molecule has 2 saturated heterocycles. The summed E-state index contributed by atoms with van der Waals surface area (Å²) in [6.45, 7) is 11.1. The van der Waals surface area contributed by atoms with E-state index in [2.05, 4.69) is 71.6 Å². The number of carbonyl (C=O) groups is 3. The molecule has 5 heterocycles. The standard InChI is InChI=1S/C42H49N7O5/c1-7-8-36(50)49-24(5)9-14-33(49)40-44-31-13-11-25-17-30-28-12-10-26(16-27(28)21-54-35(30)18-29(25)38(31)46-40)32-19-43-39(45-32)34-15-23(4)20-48(34)41(51)37(22(2)3)47-42(52)53-6/h10-13,16-19,22-24,33-34,37H,7-9,14-15,20-21H2,1-6H3,(H,43,45)(H,44,46)(H,47,52)/t23-,24-,33-,34-,37-/m0/s1. The van der Waals surface area contributed by atoms with E-state index < -0.39 is 12.1 Å². The minimum atomic E-state index is -0.697. The molecule has 12 heteroatoms. The first-order valence-corrected chi connectivity index (χ1v) is 19.3. The van der Waals surface area contributed by atoms with Gasteiger partial charge >= 0.3 is 6.09 Å². The molecule has 0 spiro atoms. The number of nitrogens with one attached hydrogen (secondary N) is 3. The summed E-state index contributed by atoms with van der Waals surface area (Å²) in [4.78, 5) is 59.6. The predicted molar refractivity (Wildman–Crippen MR) is 207 cm³/mol. The smallest absolute Gasteiger partial charge is 0.407 e. The SMILES string of the molecule is CCCC(=O)N1[C@@H](C)CC[C@H]1c1nc2c(ccc3cc4c(cc32)OCc2cc(-c3cnc([C@@H]5C[C@H](C)CN5C(=O)[C@@H](NC(=O)OC)C(C)C)[nH]3)ccc2-4)[nH]1. The zero-order chi connectivity index (χ0) is 37.8. The number of carbonyl (C=O) groups excluding carboxylic acids is 3. The van der Waals surface area contributed by atoms with Crippen molar-refractivity contribution < 1.29 is 23.9 Å². The van der Waals surface area contributed by atoms with Gasteiger partial charge in [0.2, 0.25) is 11.8 Å². The number of aromatic nitrogens is 4. The molecule has 282 valence electrons. The Labute approximate surface area is 315 Å². The van der Waals surface area contributed by atoms with E-state index in [9.17, 15) is 14.4 Å². The number of hydrogen-bond donors (Lipinski definition) is 3. The third-order valence-corrected chi connectivity index (χ3v) is 11.5. The lowest BCUT2D eigenvalue weighted by molar-refractivity contribution is -0.136. The van der Waals surface area contributed by atoms with Gasteiger partial charge in [-0.2, -0.15) is 0 Å². The number of ether oxygens (including phenoxy) is 2. The molecule has 0 radical (unpaired) electrons. The van der Waals surface area contributed by atoms with E-state index in [4.69, 9.17) is 19.4 Å². The van der Waals surface area contributed by atoms with Crippen LogP contribution in [0.2, 0.25) is 0 Å². The second-order valence-corrected chi connectivity index (χ2v) is 15.7. The fraction of sp³-hybridized carbons (Fsp3) is 0.452. The monoisotopic (exact) mass is 731 g/mol. The number of H-pyrrole nitrogens is 2. The van der Waals surface area contributed by atoms with Gasteiger partial charge in [-0.1, -0.05) is 45.9 Å². The van der Waals surface area contributed by atoms with E-state index in [1.165, 1.54) is 7.11 Å². The number of imidazole rings is 2. The van der Waals surface area contributed by atoms with E-state index in [-0.39, 0.29) is 41.8 Å². The van der Waals surface area contributed by atoms with Crippen LogP contribution in [-0.2, 0) is 20.9 Å². The summed E-state index contributed by atoms with van der Waals surface area (Å²) in [5.74, 6) is 2.63. The number of methoxy groups -OCH3 is 1. The normalized spacial score (nSPS) is 21.3. The molecule has 5 atom stereocenters. The van der Waals surface area contributed by atoms with Crippen molar-refractivity contribution in [2.24, 2.45) is 11.8 Å². The van der Waals surface area contributed by atoms with Crippen LogP contribution in [-0.4, -0.2) is 73.4 Å². The Morgan fingerprint density at radius 2 is 1.85 bits per heavy atom. The number of likely N-dealkylation sites (tertiary alicyclic amines) is 2. The summed E-state index contributed by atoms with van der Waals surface area (Å²) in [6, 6.07) is 14.1. The second-order valence-electron chi connectivity index (χ2n) is 15.7. The molecule has 0 unspecified atom stereocenters. The fourth-order valence-corrected chi connectivity index (χ4v) is 8.73. The van der Waals surface area contributed by atoms with Crippen molar-refractivity contribution in [2.45, 2.75) is 97.5 Å². The highest BCUT2D eigenvalue weighted by Gasteiger charge is 2.40. The molecule has 54 heavy (non-hydrogen) atoms.